The number of rotatable bonds is 5. The maximum absolute atomic E-state index is 3.40. The molecule has 2 atom stereocenters. The highest BCUT2D eigenvalue weighted by atomic mass is 15.2. The maximum atomic E-state index is 3.40. The monoisotopic (exact) mass is 199 g/mol. The molecular formula is C11H25N3. The third kappa shape index (κ3) is 3.56. The number of nitrogens with zero attached hydrogens (tertiary/aromatic N) is 1. The van der Waals surface area contributed by atoms with Crippen LogP contribution in [-0.4, -0.2) is 50.7 Å². The standard InChI is InChI=1S/C11H25N3/c1-4-11(12-3)10(2)9-14-7-5-13-6-8-14/h10-13H,4-9H2,1-3H3. The van der Waals surface area contributed by atoms with E-state index in [9.17, 15) is 0 Å². The minimum Gasteiger partial charge on any atom is -0.317 e. The molecule has 1 heterocycles. The number of hydrogen-bond acceptors (Lipinski definition) is 3. The Morgan fingerprint density at radius 3 is 2.50 bits per heavy atom. The van der Waals surface area contributed by atoms with Crippen molar-refractivity contribution in [2.45, 2.75) is 26.3 Å². The number of nitrogens with one attached hydrogen (secondary N) is 2. The zero-order valence-corrected chi connectivity index (χ0v) is 9.84. The first kappa shape index (κ1) is 12.0. The summed E-state index contributed by atoms with van der Waals surface area (Å²) in [6.07, 6.45) is 1.23. The molecule has 0 amide bonds. The van der Waals surface area contributed by atoms with Gasteiger partial charge in [0.1, 0.15) is 0 Å². The molecular weight excluding hydrogens is 174 g/mol. The highest BCUT2D eigenvalue weighted by Crippen LogP contribution is 2.09. The Kier molecular flexibility index (Phi) is 5.45. The first-order chi connectivity index (χ1) is 6.77. The second kappa shape index (κ2) is 6.38. The molecule has 0 aliphatic carbocycles. The van der Waals surface area contributed by atoms with E-state index in [-0.39, 0.29) is 0 Å². The molecule has 0 aromatic heterocycles. The Balaban J connectivity index is 2.26. The van der Waals surface area contributed by atoms with Crippen molar-refractivity contribution in [2.24, 2.45) is 5.92 Å². The Bertz CT molecular complexity index is 139. The summed E-state index contributed by atoms with van der Waals surface area (Å²) in [5.74, 6) is 0.753. The Morgan fingerprint density at radius 2 is 2.00 bits per heavy atom. The van der Waals surface area contributed by atoms with Crippen LogP contribution >= 0.6 is 0 Å². The topological polar surface area (TPSA) is 27.3 Å². The quantitative estimate of drug-likeness (QED) is 0.676. The van der Waals surface area contributed by atoms with Gasteiger partial charge in [-0.05, 0) is 19.4 Å². The third-order valence-electron chi connectivity index (χ3n) is 3.25. The first-order valence-corrected chi connectivity index (χ1v) is 5.88. The van der Waals surface area contributed by atoms with Crippen LogP contribution in [0, 0.1) is 5.92 Å². The molecule has 84 valence electrons. The fourth-order valence-electron chi connectivity index (χ4n) is 2.32. The minimum absolute atomic E-state index is 0.671. The average Bonchev–Trinajstić information content (AvgIpc) is 2.21. The van der Waals surface area contributed by atoms with E-state index in [1.807, 2.05) is 0 Å². The average molecular weight is 199 g/mol. The van der Waals surface area contributed by atoms with Gasteiger partial charge in [0.15, 0.2) is 0 Å². The fourth-order valence-corrected chi connectivity index (χ4v) is 2.32. The molecule has 0 saturated carbocycles. The van der Waals surface area contributed by atoms with Crippen molar-refractivity contribution in [1.82, 2.24) is 15.5 Å². The molecule has 0 aromatic carbocycles. The lowest BCUT2D eigenvalue weighted by atomic mass is 9.99. The van der Waals surface area contributed by atoms with Gasteiger partial charge in [-0.2, -0.15) is 0 Å². The molecule has 2 N–H and O–H groups in total. The Labute approximate surface area is 88.2 Å². The van der Waals surface area contributed by atoms with Gasteiger partial charge in [0.2, 0.25) is 0 Å². The molecule has 0 bridgehead atoms. The Morgan fingerprint density at radius 1 is 1.36 bits per heavy atom. The van der Waals surface area contributed by atoms with E-state index in [0.29, 0.717) is 6.04 Å². The lowest BCUT2D eigenvalue weighted by Crippen LogP contribution is -2.47. The molecule has 1 rings (SSSR count). The number of hydrogen-bond donors (Lipinski definition) is 2. The number of piperazine rings is 1. The van der Waals surface area contributed by atoms with Crippen molar-refractivity contribution in [1.29, 1.82) is 0 Å². The van der Waals surface area contributed by atoms with Crippen LogP contribution in [0.15, 0.2) is 0 Å². The van der Waals surface area contributed by atoms with E-state index < -0.39 is 0 Å². The van der Waals surface area contributed by atoms with Gasteiger partial charge in [-0.25, -0.2) is 0 Å². The third-order valence-corrected chi connectivity index (χ3v) is 3.25. The molecule has 1 aliphatic heterocycles. The van der Waals surface area contributed by atoms with E-state index in [2.05, 4.69) is 36.4 Å². The minimum atomic E-state index is 0.671. The SMILES string of the molecule is CCC(NC)C(C)CN1CCNCC1. The van der Waals surface area contributed by atoms with Gasteiger partial charge < -0.3 is 15.5 Å². The summed E-state index contributed by atoms with van der Waals surface area (Å²) in [5, 5.41) is 6.79. The van der Waals surface area contributed by atoms with Gasteiger partial charge in [0, 0.05) is 38.8 Å². The lowest BCUT2D eigenvalue weighted by molar-refractivity contribution is 0.191. The second-order valence-corrected chi connectivity index (χ2v) is 4.33. The molecule has 0 radical (unpaired) electrons. The highest BCUT2D eigenvalue weighted by molar-refractivity contribution is 4.76. The summed E-state index contributed by atoms with van der Waals surface area (Å²) in [6.45, 7) is 10.6. The molecule has 2 unspecified atom stereocenters. The largest absolute Gasteiger partial charge is 0.317 e. The normalized spacial score (nSPS) is 23.4. The van der Waals surface area contributed by atoms with E-state index >= 15 is 0 Å². The molecule has 1 fully saturated rings. The van der Waals surface area contributed by atoms with Crippen molar-refractivity contribution in [3.8, 4) is 0 Å². The zero-order valence-electron chi connectivity index (χ0n) is 9.84. The first-order valence-electron chi connectivity index (χ1n) is 5.88. The molecule has 3 heteroatoms. The molecule has 14 heavy (non-hydrogen) atoms. The van der Waals surface area contributed by atoms with E-state index in [4.69, 9.17) is 0 Å². The van der Waals surface area contributed by atoms with Crippen LogP contribution in [0.1, 0.15) is 20.3 Å². The molecule has 3 nitrogen and oxygen atoms in total. The second-order valence-electron chi connectivity index (χ2n) is 4.33. The fraction of sp³-hybridized carbons (Fsp3) is 1.00. The van der Waals surface area contributed by atoms with Crippen LogP contribution in [0.5, 0.6) is 0 Å². The van der Waals surface area contributed by atoms with Crippen LogP contribution in [0.4, 0.5) is 0 Å². The smallest absolute Gasteiger partial charge is 0.0107 e. The van der Waals surface area contributed by atoms with Gasteiger partial charge in [0.05, 0.1) is 0 Å². The van der Waals surface area contributed by atoms with Gasteiger partial charge in [-0.15, -0.1) is 0 Å². The van der Waals surface area contributed by atoms with Gasteiger partial charge >= 0.3 is 0 Å². The van der Waals surface area contributed by atoms with Crippen molar-refractivity contribution >= 4 is 0 Å². The lowest BCUT2D eigenvalue weighted by Gasteiger charge is -2.32. The van der Waals surface area contributed by atoms with Crippen molar-refractivity contribution in [3.63, 3.8) is 0 Å². The zero-order chi connectivity index (χ0) is 10.4. The predicted octanol–water partition coefficient (Wildman–Crippen LogP) is 0.526. The van der Waals surface area contributed by atoms with Gasteiger partial charge in [-0.3, -0.25) is 0 Å². The summed E-state index contributed by atoms with van der Waals surface area (Å²) in [4.78, 5) is 2.57. The van der Waals surface area contributed by atoms with E-state index in [1.54, 1.807) is 0 Å². The summed E-state index contributed by atoms with van der Waals surface area (Å²) >= 11 is 0. The molecule has 1 saturated heterocycles. The summed E-state index contributed by atoms with van der Waals surface area (Å²) in [5.41, 5.74) is 0. The van der Waals surface area contributed by atoms with Crippen LogP contribution in [0.25, 0.3) is 0 Å². The molecule has 0 aromatic rings. The molecule has 1 aliphatic rings. The summed E-state index contributed by atoms with van der Waals surface area (Å²) < 4.78 is 0. The van der Waals surface area contributed by atoms with E-state index in [0.717, 1.165) is 19.0 Å². The van der Waals surface area contributed by atoms with Crippen molar-refractivity contribution < 1.29 is 0 Å². The summed E-state index contributed by atoms with van der Waals surface area (Å²) in [6, 6.07) is 0.671. The Hall–Kier alpha value is -0.120. The van der Waals surface area contributed by atoms with Crippen molar-refractivity contribution in [2.75, 3.05) is 39.8 Å². The molecule has 0 spiro atoms. The van der Waals surface area contributed by atoms with Crippen molar-refractivity contribution in [3.05, 3.63) is 0 Å². The maximum Gasteiger partial charge on any atom is 0.0107 e. The van der Waals surface area contributed by atoms with Crippen LogP contribution in [0.2, 0.25) is 0 Å². The van der Waals surface area contributed by atoms with Crippen LogP contribution in [0.3, 0.4) is 0 Å². The van der Waals surface area contributed by atoms with Crippen LogP contribution in [-0.2, 0) is 0 Å². The predicted molar refractivity (Wildman–Crippen MR) is 61.6 cm³/mol. The summed E-state index contributed by atoms with van der Waals surface area (Å²) in [7, 11) is 2.07. The highest BCUT2D eigenvalue weighted by Gasteiger charge is 2.18. The van der Waals surface area contributed by atoms with Gasteiger partial charge in [0.25, 0.3) is 0 Å². The van der Waals surface area contributed by atoms with Gasteiger partial charge in [-0.1, -0.05) is 13.8 Å². The van der Waals surface area contributed by atoms with E-state index in [1.165, 1.54) is 26.1 Å². The van der Waals surface area contributed by atoms with Crippen LogP contribution < -0.4 is 10.6 Å².